The fraction of sp³-hybridized carbons (Fsp3) is 0.929. The van der Waals surface area contributed by atoms with Gasteiger partial charge in [-0.05, 0) is 31.6 Å². The second-order valence-electron chi connectivity index (χ2n) is 5.98. The summed E-state index contributed by atoms with van der Waals surface area (Å²) in [6.45, 7) is 2.28. The van der Waals surface area contributed by atoms with Gasteiger partial charge in [-0.3, -0.25) is 4.79 Å². The second-order valence-corrected chi connectivity index (χ2v) is 5.98. The lowest BCUT2D eigenvalue weighted by atomic mass is 9.84. The third-order valence-corrected chi connectivity index (χ3v) is 4.80. The van der Waals surface area contributed by atoms with E-state index in [0.29, 0.717) is 17.9 Å². The van der Waals surface area contributed by atoms with E-state index in [1.165, 1.54) is 25.7 Å². The summed E-state index contributed by atoms with van der Waals surface area (Å²) in [5.41, 5.74) is 6.03. The lowest BCUT2D eigenvalue weighted by Gasteiger charge is -2.38. The number of hydrogen-bond acceptors (Lipinski definition) is 2. The predicted octanol–water partition coefficient (Wildman–Crippen LogP) is 2.15. The smallest absolute Gasteiger partial charge is 0.227 e. The van der Waals surface area contributed by atoms with Crippen LogP contribution in [0.4, 0.5) is 0 Å². The number of hydrogen-bond donors (Lipinski definition) is 1. The predicted molar refractivity (Wildman–Crippen MR) is 69.5 cm³/mol. The van der Waals surface area contributed by atoms with Gasteiger partial charge in [0.1, 0.15) is 0 Å². The summed E-state index contributed by atoms with van der Waals surface area (Å²) in [5.74, 6) is 1.04. The molecule has 0 heterocycles. The molecule has 3 nitrogen and oxygen atoms in total. The summed E-state index contributed by atoms with van der Waals surface area (Å²) in [4.78, 5) is 14.5. The van der Waals surface area contributed by atoms with Crippen LogP contribution in [-0.4, -0.2) is 29.9 Å². The number of nitrogens with two attached hydrogens (primary N) is 1. The third kappa shape index (κ3) is 2.65. The maximum Gasteiger partial charge on any atom is 0.227 e. The van der Waals surface area contributed by atoms with Gasteiger partial charge in [0.05, 0.1) is 5.92 Å². The van der Waals surface area contributed by atoms with Crippen LogP contribution in [0.25, 0.3) is 0 Å². The molecule has 3 heteroatoms. The normalized spacial score (nSPS) is 38.1. The Hall–Kier alpha value is -0.570. The van der Waals surface area contributed by atoms with Crippen molar-refractivity contribution in [2.24, 2.45) is 17.6 Å². The monoisotopic (exact) mass is 238 g/mol. The van der Waals surface area contributed by atoms with Gasteiger partial charge in [-0.15, -0.1) is 0 Å². The van der Waals surface area contributed by atoms with Crippen LogP contribution in [0.2, 0.25) is 0 Å². The molecule has 0 aliphatic heterocycles. The van der Waals surface area contributed by atoms with Crippen molar-refractivity contribution in [3.63, 3.8) is 0 Å². The SMILES string of the molecule is CC1CCCCC1N(C)C(=O)C1CCCC1N. The van der Waals surface area contributed by atoms with Gasteiger partial charge < -0.3 is 10.6 Å². The highest BCUT2D eigenvalue weighted by molar-refractivity contribution is 5.80. The molecule has 4 atom stereocenters. The Labute approximate surface area is 105 Å². The summed E-state index contributed by atoms with van der Waals surface area (Å²) in [7, 11) is 1.99. The van der Waals surface area contributed by atoms with Gasteiger partial charge in [0.25, 0.3) is 0 Å². The Kier molecular flexibility index (Phi) is 4.08. The molecule has 2 N–H and O–H groups in total. The first-order valence-corrected chi connectivity index (χ1v) is 7.13. The standard InChI is InChI=1S/C14H26N2O/c1-10-6-3-4-9-13(10)16(2)14(17)11-7-5-8-12(11)15/h10-13H,3-9,15H2,1-2H3. The van der Waals surface area contributed by atoms with Gasteiger partial charge >= 0.3 is 0 Å². The molecule has 98 valence electrons. The molecule has 0 spiro atoms. The van der Waals surface area contributed by atoms with Crippen molar-refractivity contribution in [2.45, 2.75) is 64.0 Å². The molecule has 0 bridgehead atoms. The Morgan fingerprint density at radius 2 is 1.82 bits per heavy atom. The van der Waals surface area contributed by atoms with Crippen molar-refractivity contribution in [1.82, 2.24) is 4.90 Å². The Morgan fingerprint density at radius 3 is 2.41 bits per heavy atom. The van der Waals surface area contributed by atoms with Crippen LogP contribution in [0, 0.1) is 11.8 Å². The zero-order valence-corrected chi connectivity index (χ0v) is 11.2. The minimum atomic E-state index is 0.0918. The summed E-state index contributed by atoms with van der Waals surface area (Å²) in [5, 5.41) is 0. The van der Waals surface area contributed by atoms with Gasteiger partial charge in [0.15, 0.2) is 0 Å². The Morgan fingerprint density at radius 1 is 1.12 bits per heavy atom. The first-order valence-electron chi connectivity index (χ1n) is 7.13. The minimum absolute atomic E-state index is 0.0918. The number of rotatable bonds is 2. The lowest BCUT2D eigenvalue weighted by Crippen LogP contribution is -2.47. The van der Waals surface area contributed by atoms with E-state index >= 15 is 0 Å². The van der Waals surface area contributed by atoms with E-state index in [1.54, 1.807) is 0 Å². The van der Waals surface area contributed by atoms with E-state index in [4.69, 9.17) is 5.73 Å². The van der Waals surface area contributed by atoms with Crippen LogP contribution in [0.5, 0.6) is 0 Å². The zero-order valence-electron chi connectivity index (χ0n) is 11.2. The van der Waals surface area contributed by atoms with E-state index in [1.807, 2.05) is 11.9 Å². The minimum Gasteiger partial charge on any atom is -0.342 e. The average Bonchev–Trinajstić information content (AvgIpc) is 2.74. The zero-order chi connectivity index (χ0) is 12.4. The molecule has 2 rings (SSSR count). The summed E-state index contributed by atoms with van der Waals surface area (Å²) in [6.07, 6.45) is 8.15. The molecule has 2 fully saturated rings. The van der Waals surface area contributed by atoms with Crippen LogP contribution in [0.1, 0.15) is 51.9 Å². The van der Waals surface area contributed by atoms with E-state index in [9.17, 15) is 4.79 Å². The van der Waals surface area contributed by atoms with E-state index < -0.39 is 0 Å². The van der Waals surface area contributed by atoms with Crippen LogP contribution < -0.4 is 5.73 Å². The van der Waals surface area contributed by atoms with Crippen LogP contribution in [-0.2, 0) is 4.79 Å². The van der Waals surface area contributed by atoms with Crippen LogP contribution in [0.3, 0.4) is 0 Å². The maximum absolute atomic E-state index is 12.4. The molecule has 0 radical (unpaired) electrons. The van der Waals surface area contributed by atoms with Gasteiger partial charge in [-0.25, -0.2) is 0 Å². The van der Waals surface area contributed by atoms with E-state index in [2.05, 4.69) is 6.92 Å². The third-order valence-electron chi connectivity index (χ3n) is 4.80. The Bertz CT molecular complexity index is 279. The molecule has 17 heavy (non-hydrogen) atoms. The molecule has 1 amide bonds. The average molecular weight is 238 g/mol. The highest BCUT2D eigenvalue weighted by atomic mass is 16.2. The lowest BCUT2D eigenvalue weighted by molar-refractivity contribution is -0.138. The molecule has 2 aliphatic rings. The fourth-order valence-corrected chi connectivity index (χ4v) is 3.59. The van der Waals surface area contributed by atoms with Crippen molar-refractivity contribution >= 4 is 5.91 Å². The summed E-state index contributed by atoms with van der Waals surface area (Å²) < 4.78 is 0. The molecular formula is C14H26N2O. The number of nitrogens with zero attached hydrogens (tertiary/aromatic N) is 1. The van der Waals surface area contributed by atoms with Gasteiger partial charge in [0.2, 0.25) is 5.91 Å². The van der Waals surface area contributed by atoms with Crippen molar-refractivity contribution in [1.29, 1.82) is 0 Å². The molecule has 0 saturated heterocycles. The van der Waals surface area contributed by atoms with Crippen LogP contribution >= 0.6 is 0 Å². The van der Waals surface area contributed by atoms with Crippen molar-refractivity contribution < 1.29 is 4.79 Å². The first kappa shape index (κ1) is 12.9. The number of amides is 1. The summed E-state index contributed by atoms with van der Waals surface area (Å²) in [6, 6.07) is 0.549. The Balaban J connectivity index is 1.98. The molecule has 2 aliphatic carbocycles. The molecule has 0 aromatic heterocycles. The van der Waals surface area contributed by atoms with Gasteiger partial charge in [0, 0.05) is 19.1 Å². The van der Waals surface area contributed by atoms with Gasteiger partial charge in [-0.1, -0.05) is 26.2 Å². The number of carbonyl (C=O) groups excluding carboxylic acids is 1. The quantitative estimate of drug-likeness (QED) is 0.801. The highest BCUT2D eigenvalue weighted by Crippen LogP contribution is 2.31. The fourth-order valence-electron chi connectivity index (χ4n) is 3.59. The molecular weight excluding hydrogens is 212 g/mol. The second kappa shape index (κ2) is 5.38. The molecule has 4 unspecified atom stereocenters. The molecule has 2 saturated carbocycles. The largest absolute Gasteiger partial charge is 0.342 e. The van der Waals surface area contributed by atoms with Crippen molar-refractivity contribution in [2.75, 3.05) is 7.05 Å². The van der Waals surface area contributed by atoms with Crippen LogP contribution in [0.15, 0.2) is 0 Å². The molecule has 0 aromatic rings. The van der Waals surface area contributed by atoms with Crippen molar-refractivity contribution in [3.05, 3.63) is 0 Å². The topological polar surface area (TPSA) is 46.3 Å². The first-order chi connectivity index (χ1) is 8.11. The maximum atomic E-state index is 12.4. The van der Waals surface area contributed by atoms with E-state index in [0.717, 1.165) is 19.3 Å². The number of carbonyl (C=O) groups is 1. The highest BCUT2D eigenvalue weighted by Gasteiger charge is 2.36. The van der Waals surface area contributed by atoms with Crippen molar-refractivity contribution in [3.8, 4) is 0 Å². The molecule has 0 aromatic carbocycles. The summed E-state index contributed by atoms with van der Waals surface area (Å²) >= 11 is 0. The van der Waals surface area contributed by atoms with Gasteiger partial charge in [-0.2, -0.15) is 0 Å². The van der Waals surface area contributed by atoms with E-state index in [-0.39, 0.29) is 12.0 Å².